The lowest BCUT2D eigenvalue weighted by Crippen LogP contribution is -2.39. The molecule has 0 amide bonds. The van der Waals surface area contributed by atoms with Gasteiger partial charge in [0.15, 0.2) is 4.80 Å². The summed E-state index contributed by atoms with van der Waals surface area (Å²) in [5.41, 5.74) is 3.15. The maximum Gasteiger partial charge on any atom is 0.338 e. The average Bonchev–Trinajstić information content (AvgIpc) is 3.13. The van der Waals surface area contributed by atoms with Crippen LogP contribution in [0.4, 0.5) is 5.69 Å². The number of hydrogen-bond donors (Lipinski definition) is 0. The quantitative estimate of drug-likeness (QED) is 0.378. The van der Waals surface area contributed by atoms with Gasteiger partial charge in [-0.3, -0.25) is 14.2 Å². The highest BCUT2D eigenvalue weighted by Crippen LogP contribution is 2.31. The minimum absolute atomic E-state index is 0.196. The number of benzene rings is 2. The van der Waals surface area contributed by atoms with Gasteiger partial charge < -0.3 is 14.4 Å². The Bertz CT molecular complexity index is 1510. The molecule has 8 nitrogen and oxygen atoms in total. The molecule has 0 aliphatic carbocycles. The van der Waals surface area contributed by atoms with E-state index < -0.39 is 18.0 Å². The summed E-state index contributed by atoms with van der Waals surface area (Å²) < 4.78 is 12.5. The Hall–Kier alpha value is -3.98. The second kappa shape index (κ2) is 10.3. The summed E-state index contributed by atoms with van der Waals surface area (Å²) in [6.07, 6.45) is 1.83. The molecule has 0 fully saturated rings. The van der Waals surface area contributed by atoms with Crippen LogP contribution < -0.4 is 24.5 Å². The van der Waals surface area contributed by atoms with Crippen LogP contribution in [-0.2, 0) is 14.3 Å². The number of fused-ring (bicyclic) bond motifs is 1. The fraction of sp³-hybridized carbons (Fsp3) is 0.259. The predicted molar refractivity (Wildman–Crippen MR) is 139 cm³/mol. The van der Waals surface area contributed by atoms with Crippen molar-refractivity contribution >= 4 is 35.0 Å². The highest BCUT2D eigenvalue weighted by Gasteiger charge is 2.33. The van der Waals surface area contributed by atoms with Crippen molar-refractivity contribution in [3.05, 3.63) is 90.6 Å². The molecule has 1 aromatic heterocycles. The van der Waals surface area contributed by atoms with Gasteiger partial charge in [-0.25, -0.2) is 9.79 Å². The number of carbonyl (C=O) groups excluding carboxylic acids is 2. The summed E-state index contributed by atoms with van der Waals surface area (Å²) in [5, 5.41) is 0. The Balaban J connectivity index is 1.86. The lowest BCUT2D eigenvalue weighted by molar-refractivity contribution is -0.139. The summed E-state index contributed by atoms with van der Waals surface area (Å²) in [4.78, 5) is 45.0. The highest BCUT2D eigenvalue weighted by molar-refractivity contribution is 7.07. The van der Waals surface area contributed by atoms with E-state index in [0.717, 1.165) is 11.3 Å². The predicted octanol–water partition coefficient (Wildman–Crippen LogP) is 2.79. The third-order valence-electron chi connectivity index (χ3n) is 5.68. The molecule has 0 N–H and O–H groups in total. The molecule has 1 aliphatic rings. The fourth-order valence-electron chi connectivity index (χ4n) is 4.01. The van der Waals surface area contributed by atoms with Crippen LogP contribution in [0, 0.1) is 0 Å². The molecule has 4 rings (SSSR count). The zero-order chi connectivity index (χ0) is 26.0. The number of nitrogens with zero attached hydrogens (tertiary/aromatic N) is 3. The number of anilines is 1. The van der Waals surface area contributed by atoms with E-state index >= 15 is 0 Å². The molecule has 2 heterocycles. The lowest BCUT2D eigenvalue weighted by atomic mass is 9.96. The van der Waals surface area contributed by atoms with Crippen LogP contribution in [0.25, 0.3) is 6.08 Å². The van der Waals surface area contributed by atoms with Crippen molar-refractivity contribution < 1.29 is 19.1 Å². The largest absolute Gasteiger partial charge is 0.463 e. The van der Waals surface area contributed by atoms with Gasteiger partial charge in [-0.2, -0.15) is 0 Å². The van der Waals surface area contributed by atoms with E-state index in [0.29, 0.717) is 31.9 Å². The lowest BCUT2D eigenvalue weighted by Gasteiger charge is -2.24. The standard InChI is InChI=1S/C27H27N3O5S/c1-6-34-26(33)23-16(2)28-27-30(24(23)19-9-13-21(14-10-19)35-17(3)31)25(32)22(36-27)15-18-7-11-20(12-8-18)29(4)5/h7-15,24H,6H2,1-5H3/b22-15-. The van der Waals surface area contributed by atoms with Gasteiger partial charge in [0.25, 0.3) is 5.56 Å². The van der Waals surface area contributed by atoms with E-state index in [9.17, 15) is 14.4 Å². The Labute approximate surface area is 212 Å². The molecule has 36 heavy (non-hydrogen) atoms. The Morgan fingerprint density at radius 3 is 2.36 bits per heavy atom. The van der Waals surface area contributed by atoms with Crippen LogP contribution in [0.15, 0.2) is 69.6 Å². The molecular weight excluding hydrogens is 478 g/mol. The number of allylic oxidation sites excluding steroid dienone is 1. The summed E-state index contributed by atoms with van der Waals surface area (Å²) in [6, 6.07) is 13.9. The number of thiazole rings is 1. The maximum absolute atomic E-state index is 13.7. The topological polar surface area (TPSA) is 90.2 Å². The third-order valence-corrected chi connectivity index (χ3v) is 6.66. The van der Waals surface area contributed by atoms with E-state index in [2.05, 4.69) is 4.99 Å². The van der Waals surface area contributed by atoms with Crippen LogP contribution in [0.5, 0.6) is 5.75 Å². The van der Waals surface area contributed by atoms with E-state index in [-0.39, 0.29) is 12.2 Å². The number of ether oxygens (including phenoxy) is 2. The monoisotopic (exact) mass is 505 g/mol. The Morgan fingerprint density at radius 2 is 1.78 bits per heavy atom. The van der Waals surface area contributed by atoms with E-state index in [4.69, 9.17) is 9.47 Å². The SMILES string of the molecule is CCOC(=O)C1=C(C)N=c2s/c(=C\c3ccc(N(C)C)cc3)c(=O)n2C1c1ccc(OC(C)=O)cc1. The Morgan fingerprint density at radius 1 is 1.11 bits per heavy atom. The first-order chi connectivity index (χ1) is 17.2. The molecular formula is C27H27N3O5S. The molecule has 2 aromatic carbocycles. The molecule has 0 spiro atoms. The third kappa shape index (κ3) is 5.01. The zero-order valence-electron chi connectivity index (χ0n) is 20.8. The van der Waals surface area contributed by atoms with Crippen LogP contribution in [0.1, 0.15) is 37.9 Å². The summed E-state index contributed by atoms with van der Waals surface area (Å²) in [6.45, 7) is 4.99. The molecule has 1 aliphatic heterocycles. The smallest absolute Gasteiger partial charge is 0.338 e. The molecule has 0 saturated heterocycles. The summed E-state index contributed by atoms with van der Waals surface area (Å²) in [7, 11) is 3.94. The van der Waals surface area contributed by atoms with Gasteiger partial charge in [0.1, 0.15) is 5.75 Å². The Kier molecular flexibility index (Phi) is 7.21. The molecule has 0 saturated carbocycles. The van der Waals surface area contributed by atoms with Gasteiger partial charge >= 0.3 is 11.9 Å². The second-order valence-electron chi connectivity index (χ2n) is 8.45. The van der Waals surface area contributed by atoms with Crippen molar-refractivity contribution in [3.8, 4) is 5.75 Å². The fourth-order valence-corrected chi connectivity index (χ4v) is 5.06. The van der Waals surface area contributed by atoms with Crippen molar-refractivity contribution in [2.75, 3.05) is 25.6 Å². The molecule has 0 bridgehead atoms. The minimum atomic E-state index is -0.732. The minimum Gasteiger partial charge on any atom is -0.463 e. The normalized spacial score (nSPS) is 15.2. The van der Waals surface area contributed by atoms with Crippen molar-refractivity contribution in [1.82, 2.24) is 4.57 Å². The molecule has 3 aromatic rings. The van der Waals surface area contributed by atoms with Crippen molar-refractivity contribution in [2.24, 2.45) is 4.99 Å². The zero-order valence-corrected chi connectivity index (χ0v) is 21.6. The first kappa shape index (κ1) is 25.1. The number of esters is 2. The van der Waals surface area contributed by atoms with Gasteiger partial charge in [-0.05, 0) is 55.3 Å². The van der Waals surface area contributed by atoms with Crippen molar-refractivity contribution in [1.29, 1.82) is 0 Å². The van der Waals surface area contributed by atoms with Gasteiger partial charge in [0, 0.05) is 26.7 Å². The van der Waals surface area contributed by atoms with E-state index in [1.54, 1.807) is 38.1 Å². The number of carbonyl (C=O) groups is 2. The molecule has 0 radical (unpaired) electrons. The van der Waals surface area contributed by atoms with Gasteiger partial charge in [-0.1, -0.05) is 35.6 Å². The average molecular weight is 506 g/mol. The number of hydrogen-bond acceptors (Lipinski definition) is 8. The van der Waals surface area contributed by atoms with Crippen LogP contribution in [0.3, 0.4) is 0 Å². The number of aromatic nitrogens is 1. The van der Waals surface area contributed by atoms with Crippen LogP contribution >= 0.6 is 11.3 Å². The van der Waals surface area contributed by atoms with Crippen molar-refractivity contribution in [3.63, 3.8) is 0 Å². The van der Waals surface area contributed by atoms with Crippen LogP contribution in [-0.4, -0.2) is 37.2 Å². The molecule has 1 unspecified atom stereocenters. The van der Waals surface area contributed by atoms with Gasteiger partial charge in [-0.15, -0.1) is 0 Å². The molecule has 9 heteroatoms. The van der Waals surface area contributed by atoms with Gasteiger partial charge in [0.2, 0.25) is 0 Å². The van der Waals surface area contributed by atoms with Gasteiger partial charge in [0.05, 0.1) is 28.5 Å². The van der Waals surface area contributed by atoms with Crippen molar-refractivity contribution in [2.45, 2.75) is 26.8 Å². The van der Waals surface area contributed by atoms with E-state index in [1.165, 1.54) is 22.8 Å². The summed E-state index contributed by atoms with van der Waals surface area (Å²) >= 11 is 1.27. The highest BCUT2D eigenvalue weighted by atomic mass is 32.1. The van der Waals surface area contributed by atoms with E-state index in [1.807, 2.05) is 49.3 Å². The second-order valence-corrected chi connectivity index (χ2v) is 9.46. The maximum atomic E-state index is 13.7. The first-order valence-corrected chi connectivity index (χ1v) is 12.3. The first-order valence-electron chi connectivity index (χ1n) is 11.4. The summed E-state index contributed by atoms with van der Waals surface area (Å²) in [5.74, 6) is -0.586. The number of rotatable bonds is 6. The van der Waals surface area contributed by atoms with Crippen LogP contribution in [0.2, 0.25) is 0 Å². The molecule has 1 atom stereocenters. The molecule has 186 valence electrons.